The molecule has 3 unspecified atom stereocenters. The van der Waals surface area contributed by atoms with Gasteiger partial charge in [0.15, 0.2) is 0 Å². The molecular weight excluding hydrogens is 464 g/mol. The number of imidazole rings is 1. The minimum absolute atomic E-state index is 0.0161. The third-order valence-corrected chi connectivity index (χ3v) is 8.47. The highest BCUT2D eigenvalue weighted by Crippen LogP contribution is 2.32. The van der Waals surface area contributed by atoms with Gasteiger partial charge in [0, 0.05) is 25.2 Å². The van der Waals surface area contributed by atoms with Crippen LogP contribution in [0.5, 0.6) is 5.75 Å². The second kappa shape index (κ2) is 9.99. The van der Waals surface area contributed by atoms with Gasteiger partial charge in [-0.25, -0.2) is 13.4 Å². The summed E-state index contributed by atoms with van der Waals surface area (Å²) in [5.41, 5.74) is 2.13. The first-order valence-corrected chi connectivity index (χ1v) is 13.5. The fourth-order valence-corrected chi connectivity index (χ4v) is 6.92. The first-order chi connectivity index (χ1) is 16.6. The molecule has 3 aromatic rings. The van der Waals surface area contributed by atoms with E-state index in [1.807, 2.05) is 38.1 Å². The third-order valence-electron chi connectivity index (χ3n) is 6.61. The van der Waals surface area contributed by atoms with E-state index in [9.17, 15) is 13.2 Å². The molecule has 35 heavy (non-hydrogen) atoms. The molecule has 188 valence electrons. The second-order valence-electron chi connectivity index (χ2n) is 9.53. The van der Waals surface area contributed by atoms with Crippen LogP contribution >= 0.6 is 0 Å². The first-order valence-electron chi connectivity index (χ1n) is 12.1. The standard InChI is InChI=1S/C26H34N4O4S/c1-6-30-22-10-8-7-9-21(22)28-25(30)19(4)27-26(31)20-11-12-23(34-5)24(14-20)35(32,33)29-15-17(2)13-18(3)16-29/h7-12,14,17-19H,6,13,15-16H2,1-5H3,(H,27,31). The van der Waals surface area contributed by atoms with E-state index in [4.69, 9.17) is 9.72 Å². The number of nitrogens with zero attached hydrogens (tertiary/aromatic N) is 3. The Hall–Kier alpha value is -2.91. The van der Waals surface area contributed by atoms with Gasteiger partial charge in [0.05, 0.1) is 24.2 Å². The SMILES string of the molecule is CCn1c(C(C)NC(=O)c2ccc(OC)c(S(=O)(=O)N3CC(C)CC(C)C3)c2)nc2ccccc21. The predicted molar refractivity (Wildman–Crippen MR) is 136 cm³/mol. The average Bonchev–Trinajstić information content (AvgIpc) is 3.22. The Morgan fingerprint density at radius 3 is 2.51 bits per heavy atom. The van der Waals surface area contributed by atoms with Crippen LogP contribution < -0.4 is 10.1 Å². The highest BCUT2D eigenvalue weighted by Gasteiger charge is 2.34. The average molecular weight is 499 g/mol. The lowest BCUT2D eigenvalue weighted by Crippen LogP contribution is -2.42. The number of hydrogen-bond donors (Lipinski definition) is 1. The number of aryl methyl sites for hydroxylation is 1. The van der Waals surface area contributed by atoms with E-state index in [-0.39, 0.29) is 40.0 Å². The molecule has 0 bridgehead atoms. The van der Waals surface area contributed by atoms with Crippen LogP contribution in [0.15, 0.2) is 47.4 Å². The molecule has 3 atom stereocenters. The second-order valence-corrected chi connectivity index (χ2v) is 11.4. The summed E-state index contributed by atoms with van der Waals surface area (Å²) in [6, 6.07) is 12.0. The van der Waals surface area contributed by atoms with Crippen LogP contribution in [0.4, 0.5) is 0 Å². The van der Waals surface area contributed by atoms with Gasteiger partial charge in [-0.3, -0.25) is 4.79 Å². The zero-order valence-electron chi connectivity index (χ0n) is 21.0. The van der Waals surface area contributed by atoms with Gasteiger partial charge in [0.25, 0.3) is 5.91 Å². The molecule has 1 aliphatic heterocycles. The van der Waals surface area contributed by atoms with Gasteiger partial charge in [-0.05, 0) is 62.4 Å². The number of carbonyl (C=O) groups is 1. The van der Waals surface area contributed by atoms with Crippen molar-refractivity contribution >= 4 is 27.0 Å². The van der Waals surface area contributed by atoms with E-state index in [1.54, 1.807) is 12.1 Å². The van der Waals surface area contributed by atoms with Crippen LogP contribution in [-0.2, 0) is 16.6 Å². The van der Waals surface area contributed by atoms with Gasteiger partial charge in [0.2, 0.25) is 10.0 Å². The summed E-state index contributed by atoms with van der Waals surface area (Å²) in [6.07, 6.45) is 0.992. The van der Waals surface area contributed by atoms with Crippen LogP contribution in [0.2, 0.25) is 0 Å². The number of methoxy groups -OCH3 is 1. The number of fused-ring (bicyclic) bond motifs is 1. The normalized spacial score (nSPS) is 20.0. The summed E-state index contributed by atoms with van der Waals surface area (Å²) in [6.45, 7) is 9.66. The van der Waals surface area contributed by atoms with Gasteiger partial charge < -0.3 is 14.6 Å². The highest BCUT2D eigenvalue weighted by molar-refractivity contribution is 7.89. The lowest BCUT2D eigenvalue weighted by atomic mass is 9.94. The van der Waals surface area contributed by atoms with E-state index >= 15 is 0 Å². The Balaban J connectivity index is 1.62. The van der Waals surface area contributed by atoms with Crippen molar-refractivity contribution in [2.24, 2.45) is 11.8 Å². The number of amides is 1. The Kier molecular flexibility index (Phi) is 7.19. The number of para-hydroxylation sites is 2. The van der Waals surface area contributed by atoms with Crippen molar-refractivity contribution in [3.05, 3.63) is 53.9 Å². The fourth-order valence-electron chi connectivity index (χ4n) is 5.06. The Morgan fingerprint density at radius 2 is 1.86 bits per heavy atom. The lowest BCUT2D eigenvalue weighted by molar-refractivity contribution is 0.0937. The first kappa shape index (κ1) is 25.2. The number of rotatable bonds is 7. The number of sulfonamides is 1. The van der Waals surface area contributed by atoms with E-state index in [0.717, 1.165) is 23.3 Å². The van der Waals surface area contributed by atoms with E-state index in [1.165, 1.54) is 17.5 Å². The third kappa shape index (κ3) is 4.92. The van der Waals surface area contributed by atoms with E-state index in [2.05, 4.69) is 23.7 Å². The van der Waals surface area contributed by atoms with Crippen molar-refractivity contribution in [2.75, 3.05) is 20.2 Å². The number of hydrogen-bond acceptors (Lipinski definition) is 5. The fraction of sp³-hybridized carbons (Fsp3) is 0.462. The minimum atomic E-state index is -3.82. The molecule has 1 aromatic heterocycles. The van der Waals surface area contributed by atoms with Gasteiger partial charge in [-0.15, -0.1) is 0 Å². The van der Waals surface area contributed by atoms with Crippen molar-refractivity contribution in [1.82, 2.24) is 19.2 Å². The molecule has 8 nitrogen and oxygen atoms in total. The van der Waals surface area contributed by atoms with Crippen LogP contribution in [0.25, 0.3) is 11.0 Å². The van der Waals surface area contributed by atoms with Gasteiger partial charge in [-0.1, -0.05) is 26.0 Å². The summed E-state index contributed by atoms with van der Waals surface area (Å²) in [5.74, 6) is 1.15. The van der Waals surface area contributed by atoms with Crippen molar-refractivity contribution in [3.63, 3.8) is 0 Å². The van der Waals surface area contributed by atoms with Crippen molar-refractivity contribution in [1.29, 1.82) is 0 Å². The molecular formula is C26H34N4O4S. The molecule has 1 fully saturated rings. The molecule has 9 heteroatoms. The Morgan fingerprint density at radius 1 is 1.17 bits per heavy atom. The molecule has 0 saturated carbocycles. The zero-order chi connectivity index (χ0) is 25.3. The predicted octanol–water partition coefficient (Wildman–Crippen LogP) is 4.22. The molecule has 0 spiro atoms. The number of ether oxygens (including phenoxy) is 1. The summed E-state index contributed by atoms with van der Waals surface area (Å²) in [5, 5.41) is 2.99. The summed E-state index contributed by atoms with van der Waals surface area (Å²) >= 11 is 0. The van der Waals surface area contributed by atoms with Crippen molar-refractivity contribution < 1.29 is 17.9 Å². The maximum atomic E-state index is 13.6. The zero-order valence-corrected chi connectivity index (χ0v) is 21.8. The number of carbonyl (C=O) groups excluding carboxylic acids is 1. The topological polar surface area (TPSA) is 93.5 Å². The molecule has 0 aliphatic carbocycles. The Labute approximate surface area is 207 Å². The molecule has 1 saturated heterocycles. The van der Waals surface area contributed by atoms with Crippen LogP contribution in [-0.4, -0.2) is 48.4 Å². The molecule has 0 radical (unpaired) electrons. The maximum absolute atomic E-state index is 13.6. The Bertz CT molecular complexity index is 1320. The number of benzene rings is 2. The van der Waals surface area contributed by atoms with Crippen molar-refractivity contribution in [2.45, 2.75) is 51.6 Å². The van der Waals surface area contributed by atoms with Crippen LogP contribution in [0, 0.1) is 11.8 Å². The number of piperidine rings is 1. The molecule has 1 N–H and O–H groups in total. The molecule has 4 rings (SSSR count). The number of aromatic nitrogens is 2. The molecule has 1 aliphatic rings. The van der Waals surface area contributed by atoms with E-state index in [0.29, 0.717) is 19.6 Å². The minimum Gasteiger partial charge on any atom is -0.495 e. The number of nitrogens with one attached hydrogen (secondary N) is 1. The summed E-state index contributed by atoms with van der Waals surface area (Å²) in [4.78, 5) is 17.9. The largest absolute Gasteiger partial charge is 0.495 e. The monoisotopic (exact) mass is 498 g/mol. The van der Waals surface area contributed by atoms with Crippen LogP contribution in [0.3, 0.4) is 0 Å². The summed E-state index contributed by atoms with van der Waals surface area (Å²) < 4.78 is 36.1. The molecule has 2 heterocycles. The lowest BCUT2D eigenvalue weighted by Gasteiger charge is -2.34. The molecule has 2 aromatic carbocycles. The quantitative estimate of drug-likeness (QED) is 0.526. The van der Waals surface area contributed by atoms with Crippen molar-refractivity contribution in [3.8, 4) is 5.75 Å². The smallest absolute Gasteiger partial charge is 0.251 e. The van der Waals surface area contributed by atoms with Gasteiger partial charge >= 0.3 is 0 Å². The van der Waals surface area contributed by atoms with E-state index < -0.39 is 10.0 Å². The highest BCUT2D eigenvalue weighted by atomic mass is 32.2. The summed E-state index contributed by atoms with van der Waals surface area (Å²) in [7, 11) is -2.39. The van der Waals surface area contributed by atoms with Gasteiger partial charge in [-0.2, -0.15) is 4.31 Å². The van der Waals surface area contributed by atoms with Gasteiger partial charge in [0.1, 0.15) is 16.5 Å². The van der Waals surface area contributed by atoms with Crippen LogP contribution in [0.1, 0.15) is 56.3 Å². The maximum Gasteiger partial charge on any atom is 0.251 e. The molecule has 1 amide bonds.